The Kier molecular flexibility index (Phi) is 4.59. The van der Waals surface area contributed by atoms with E-state index in [1.165, 1.54) is 0 Å². The smallest absolute Gasteiger partial charge is 0.255 e. The van der Waals surface area contributed by atoms with Crippen LogP contribution in [0.25, 0.3) is 0 Å². The molecule has 2 N–H and O–H groups in total. The van der Waals surface area contributed by atoms with Gasteiger partial charge in [-0.1, -0.05) is 0 Å². The van der Waals surface area contributed by atoms with Crippen LogP contribution in [0.15, 0.2) is 0 Å². The minimum Gasteiger partial charge on any atom is -0.352 e. The molecule has 0 atom stereocenters. The monoisotopic (exact) mass is 219 g/mol. The molecule has 0 radical (unpaired) electrons. The number of hydrogen-bond acceptors (Lipinski definition) is 2. The lowest BCUT2D eigenvalue weighted by Gasteiger charge is -2.04. The molecule has 0 saturated heterocycles. The molecule has 0 unspecified atom stereocenters. The lowest BCUT2D eigenvalue weighted by Crippen LogP contribution is -2.25. The highest BCUT2D eigenvalue weighted by molar-refractivity contribution is 5.96. The second-order valence-corrected chi connectivity index (χ2v) is 3.73. The van der Waals surface area contributed by atoms with Gasteiger partial charge in [-0.25, -0.2) is 0 Å². The largest absolute Gasteiger partial charge is 0.352 e. The molecular formula is C12H17N3O. The molecule has 1 aromatic rings. The van der Waals surface area contributed by atoms with E-state index >= 15 is 0 Å². The van der Waals surface area contributed by atoms with Gasteiger partial charge in [-0.05, 0) is 26.7 Å². The molecule has 1 amide bonds. The minimum atomic E-state index is -0.0653. The van der Waals surface area contributed by atoms with E-state index in [4.69, 9.17) is 6.42 Å². The van der Waals surface area contributed by atoms with Gasteiger partial charge >= 0.3 is 0 Å². The van der Waals surface area contributed by atoms with Gasteiger partial charge in [0.15, 0.2) is 0 Å². The van der Waals surface area contributed by atoms with Gasteiger partial charge in [-0.2, -0.15) is 5.10 Å². The topological polar surface area (TPSA) is 57.8 Å². The van der Waals surface area contributed by atoms with Crippen molar-refractivity contribution < 1.29 is 4.79 Å². The normalized spacial score (nSPS) is 9.81. The van der Waals surface area contributed by atoms with Crippen LogP contribution in [-0.2, 0) is 0 Å². The fraction of sp³-hybridized carbons (Fsp3) is 0.500. The molecule has 0 aromatic carbocycles. The third kappa shape index (κ3) is 3.13. The predicted molar refractivity (Wildman–Crippen MR) is 63.1 cm³/mol. The quantitative estimate of drug-likeness (QED) is 0.583. The number of unbranched alkanes of at least 4 members (excludes halogenated alkanes) is 2. The van der Waals surface area contributed by atoms with Crippen molar-refractivity contribution >= 4 is 5.91 Å². The molecule has 0 saturated carbocycles. The van der Waals surface area contributed by atoms with Crippen molar-refractivity contribution in [1.82, 2.24) is 15.5 Å². The molecule has 1 aromatic heterocycles. The Hall–Kier alpha value is -1.76. The van der Waals surface area contributed by atoms with Crippen LogP contribution < -0.4 is 5.32 Å². The number of aryl methyl sites for hydroxylation is 2. The fourth-order valence-electron chi connectivity index (χ4n) is 1.53. The summed E-state index contributed by atoms with van der Waals surface area (Å²) in [5, 5.41) is 9.63. The number of H-pyrrole nitrogens is 1. The van der Waals surface area contributed by atoms with Gasteiger partial charge in [0.2, 0.25) is 0 Å². The number of carbonyl (C=O) groups excluding carboxylic acids is 1. The zero-order chi connectivity index (χ0) is 12.0. The van der Waals surface area contributed by atoms with E-state index in [1.54, 1.807) is 0 Å². The first kappa shape index (κ1) is 12.3. The molecule has 1 heterocycles. The van der Waals surface area contributed by atoms with Crippen LogP contribution in [0.1, 0.15) is 41.0 Å². The van der Waals surface area contributed by atoms with Crippen LogP contribution >= 0.6 is 0 Å². The number of rotatable bonds is 5. The maximum absolute atomic E-state index is 11.8. The molecule has 0 fully saturated rings. The zero-order valence-electron chi connectivity index (χ0n) is 9.76. The van der Waals surface area contributed by atoms with Crippen molar-refractivity contribution in [3.63, 3.8) is 0 Å². The van der Waals surface area contributed by atoms with Crippen LogP contribution in [0.4, 0.5) is 0 Å². The van der Waals surface area contributed by atoms with Gasteiger partial charge < -0.3 is 5.32 Å². The predicted octanol–water partition coefficient (Wildman–Crippen LogP) is 1.56. The van der Waals surface area contributed by atoms with E-state index in [2.05, 4.69) is 21.4 Å². The van der Waals surface area contributed by atoms with Gasteiger partial charge in [0, 0.05) is 18.7 Å². The van der Waals surface area contributed by atoms with Gasteiger partial charge in [0.05, 0.1) is 11.3 Å². The molecule has 16 heavy (non-hydrogen) atoms. The standard InChI is InChI=1S/C12H17N3O/c1-4-5-6-7-8-13-12(16)11-9(2)14-15-10(11)3/h1H,5-8H2,2-3H3,(H,13,16)(H,14,15). The third-order valence-corrected chi connectivity index (χ3v) is 2.39. The number of aromatic nitrogens is 2. The summed E-state index contributed by atoms with van der Waals surface area (Å²) in [6.45, 7) is 4.31. The Labute approximate surface area is 95.8 Å². The lowest BCUT2D eigenvalue weighted by atomic mass is 10.2. The van der Waals surface area contributed by atoms with E-state index in [9.17, 15) is 4.79 Å². The lowest BCUT2D eigenvalue weighted by molar-refractivity contribution is 0.0952. The molecule has 0 aliphatic rings. The Balaban J connectivity index is 2.39. The van der Waals surface area contributed by atoms with Crippen LogP contribution in [0.3, 0.4) is 0 Å². The van der Waals surface area contributed by atoms with Gasteiger partial charge in [0.1, 0.15) is 0 Å². The van der Waals surface area contributed by atoms with Crippen molar-refractivity contribution in [3.8, 4) is 12.3 Å². The zero-order valence-corrected chi connectivity index (χ0v) is 9.76. The van der Waals surface area contributed by atoms with Crippen molar-refractivity contribution in [2.24, 2.45) is 0 Å². The van der Waals surface area contributed by atoms with E-state index in [0.29, 0.717) is 12.1 Å². The molecule has 0 bridgehead atoms. The van der Waals surface area contributed by atoms with E-state index in [0.717, 1.165) is 30.7 Å². The van der Waals surface area contributed by atoms with Gasteiger partial charge in [0.25, 0.3) is 5.91 Å². The van der Waals surface area contributed by atoms with Crippen LogP contribution in [0.5, 0.6) is 0 Å². The van der Waals surface area contributed by atoms with Crippen molar-refractivity contribution in [1.29, 1.82) is 0 Å². The summed E-state index contributed by atoms with van der Waals surface area (Å²) in [4.78, 5) is 11.8. The Morgan fingerprint density at radius 1 is 1.50 bits per heavy atom. The van der Waals surface area contributed by atoms with Gasteiger partial charge in [-0.15, -0.1) is 12.3 Å². The summed E-state index contributed by atoms with van der Waals surface area (Å²) in [5.41, 5.74) is 2.19. The number of terminal acetylenes is 1. The third-order valence-electron chi connectivity index (χ3n) is 2.39. The number of nitrogens with zero attached hydrogens (tertiary/aromatic N) is 1. The average molecular weight is 219 g/mol. The summed E-state index contributed by atoms with van der Waals surface area (Å²) in [6, 6.07) is 0. The summed E-state index contributed by atoms with van der Waals surface area (Å²) in [5.74, 6) is 2.51. The van der Waals surface area contributed by atoms with Crippen molar-refractivity contribution in [2.75, 3.05) is 6.54 Å². The number of hydrogen-bond donors (Lipinski definition) is 2. The van der Waals surface area contributed by atoms with Crippen molar-refractivity contribution in [3.05, 3.63) is 17.0 Å². The maximum atomic E-state index is 11.8. The molecular weight excluding hydrogens is 202 g/mol. The molecule has 4 nitrogen and oxygen atoms in total. The highest BCUT2D eigenvalue weighted by Crippen LogP contribution is 2.08. The number of nitrogens with one attached hydrogen (secondary N) is 2. The maximum Gasteiger partial charge on any atom is 0.255 e. The Morgan fingerprint density at radius 3 is 2.81 bits per heavy atom. The van der Waals surface area contributed by atoms with E-state index in [-0.39, 0.29) is 5.91 Å². The van der Waals surface area contributed by atoms with Crippen molar-refractivity contribution in [2.45, 2.75) is 33.1 Å². The summed E-state index contributed by atoms with van der Waals surface area (Å²) in [7, 11) is 0. The van der Waals surface area contributed by atoms with E-state index < -0.39 is 0 Å². The number of carbonyl (C=O) groups is 1. The molecule has 86 valence electrons. The van der Waals surface area contributed by atoms with Crippen LogP contribution in [0, 0.1) is 26.2 Å². The molecule has 0 spiro atoms. The highest BCUT2D eigenvalue weighted by Gasteiger charge is 2.13. The molecule has 0 aliphatic carbocycles. The number of aromatic amines is 1. The second-order valence-electron chi connectivity index (χ2n) is 3.73. The number of amides is 1. The second kappa shape index (κ2) is 5.96. The summed E-state index contributed by atoms with van der Waals surface area (Å²) >= 11 is 0. The summed E-state index contributed by atoms with van der Waals surface area (Å²) < 4.78 is 0. The first-order chi connectivity index (χ1) is 7.66. The van der Waals surface area contributed by atoms with Crippen LogP contribution in [-0.4, -0.2) is 22.6 Å². The average Bonchev–Trinajstić information content (AvgIpc) is 2.58. The molecule has 1 rings (SSSR count). The molecule has 4 heteroatoms. The Bertz CT molecular complexity index is 381. The minimum absolute atomic E-state index is 0.0653. The highest BCUT2D eigenvalue weighted by atomic mass is 16.1. The Morgan fingerprint density at radius 2 is 2.25 bits per heavy atom. The van der Waals surface area contributed by atoms with E-state index in [1.807, 2.05) is 13.8 Å². The SMILES string of the molecule is C#CCCCCNC(=O)c1c(C)n[nH]c1C. The first-order valence-corrected chi connectivity index (χ1v) is 5.40. The summed E-state index contributed by atoms with van der Waals surface area (Å²) in [6.07, 6.45) is 7.75. The molecule has 0 aliphatic heterocycles. The first-order valence-electron chi connectivity index (χ1n) is 5.40. The fourth-order valence-corrected chi connectivity index (χ4v) is 1.53. The van der Waals surface area contributed by atoms with Gasteiger partial charge in [-0.3, -0.25) is 9.89 Å². The van der Waals surface area contributed by atoms with Crippen LogP contribution in [0.2, 0.25) is 0 Å².